The van der Waals surface area contributed by atoms with Crippen LogP contribution in [0.3, 0.4) is 0 Å². The number of nitrogens with zero attached hydrogens (tertiary/aromatic N) is 2. The van der Waals surface area contributed by atoms with Gasteiger partial charge in [-0.3, -0.25) is 0 Å². The molecular weight excluding hydrogens is 328 g/mol. The lowest BCUT2D eigenvalue weighted by Gasteiger charge is -2.10. The van der Waals surface area contributed by atoms with E-state index in [2.05, 4.69) is 35.3 Å². The van der Waals surface area contributed by atoms with E-state index < -0.39 is 0 Å². The molecule has 4 heteroatoms. The zero-order valence-corrected chi connectivity index (χ0v) is 14.4. The summed E-state index contributed by atoms with van der Waals surface area (Å²) in [6.07, 6.45) is 0. The first kappa shape index (κ1) is 15.4. The summed E-state index contributed by atoms with van der Waals surface area (Å²) < 4.78 is 5.42. The number of hydrogen-bond donors (Lipinski definition) is 0. The van der Waals surface area contributed by atoms with Crippen molar-refractivity contribution in [2.45, 2.75) is 0 Å². The van der Waals surface area contributed by atoms with E-state index in [9.17, 15) is 5.26 Å². The number of thiophene rings is 1. The summed E-state index contributed by atoms with van der Waals surface area (Å²) in [5, 5.41) is 11.6. The van der Waals surface area contributed by atoms with Crippen LogP contribution in [0.2, 0.25) is 0 Å². The summed E-state index contributed by atoms with van der Waals surface area (Å²) in [6.45, 7) is 0. The minimum atomic E-state index is 0.359. The van der Waals surface area contributed by atoms with Crippen molar-refractivity contribution >= 4 is 11.3 Å². The van der Waals surface area contributed by atoms with Crippen molar-refractivity contribution in [3.63, 3.8) is 0 Å². The molecule has 120 valence electrons. The van der Waals surface area contributed by atoms with Gasteiger partial charge in [0.2, 0.25) is 5.88 Å². The molecule has 0 saturated carbocycles. The summed E-state index contributed by atoms with van der Waals surface area (Å²) in [4.78, 5) is 5.63. The lowest BCUT2D eigenvalue weighted by molar-refractivity contribution is 0.397. The van der Waals surface area contributed by atoms with Crippen LogP contribution >= 0.6 is 11.3 Å². The van der Waals surface area contributed by atoms with Gasteiger partial charge in [-0.05, 0) is 28.6 Å². The Hall–Kier alpha value is -3.16. The first-order chi connectivity index (χ1) is 12.3. The predicted octanol–water partition coefficient (Wildman–Crippen LogP) is 5.46. The van der Waals surface area contributed by atoms with Gasteiger partial charge in [0.25, 0.3) is 0 Å². The zero-order chi connectivity index (χ0) is 17.2. The van der Waals surface area contributed by atoms with E-state index in [4.69, 9.17) is 4.74 Å². The van der Waals surface area contributed by atoms with E-state index in [0.29, 0.717) is 11.4 Å². The minimum absolute atomic E-state index is 0.359. The summed E-state index contributed by atoms with van der Waals surface area (Å²) >= 11 is 1.60. The maximum Gasteiger partial charge on any atom is 0.232 e. The Bertz CT molecular complexity index is 1050. The smallest absolute Gasteiger partial charge is 0.232 e. The molecule has 0 fully saturated rings. The summed E-state index contributed by atoms with van der Waals surface area (Å²) in [7, 11) is 1.55. The summed E-state index contributed by atoms with van der Waals surface area (Å²) in [5.74, 6) is 0.359. The number of ether oxygens (including phenoxy) is 1. The highest BCUT2D eigenvalue weighted by Gasteiger charge is 2.19. The summed E-state index contributed by atoms with van der Waals surface area (Å²) in [6, 6.07) is 22.6. The highest BCUT2D eigenvalue weighted by atomic mass is 32.1. The Morgan fingerprint density at radius 2 is 1.84 bits per heavy atom. The Morgan fingerprint density at radius 3 is 2.60 bits per heavy atom. The Balaban J connectivity index is 1.97. The number of rotatable bonds is 3. The molecule has 0 N–H and O–H groups in total. The Kier molecular flexibility index (Phi) is 3.93. The topological polar surface area (TPSA) is 45.9 Å². The fraction of sp³-hybridized carbons (Fsp3) is 0.0476. The molecule has 2 heterocycles. The molecule has 4 rings (SSSR count). The SMILES string of the molecule is COc1nc(-c2ccc3cccccc2-3)cc(-c2cccs2)c1C#N. The van der Waals surface area contributed by atoms with Gasteiger partial charge in [0, 0.05) is 16.0 Å². The molecule has 2 aromatic heterocycles. The van der Waals surface area contributed by atoms with E-state index in [1.807, 2.05) is 41.8 Å². The first-order valence-electron chi connectivity index (χ1n) is 7.83. The monoisotopic (exact) mass is 342 g/mol. The zero-order valence-electron chi connectivity index (χ0n) is 13.6. The molecule has 25 heavy (non-hydrogen) atoms. The van der Waals surface area contributed by atoms with E-state index in [-0.39, 0.29) is 0 Å². The van der Waals surface area contributed by atoms with Gasteiger partial charge in [0.1, 0.15) is 11.6 Å². The standard InChI is InChI=1S/C21H14N2OS/c1-24-21-18(13-22)17(20-8-5-11-25-20)12-19(23-21)16-10-9-14-6-3-2-4-7-15(14)16/h2-12H,1H3. The number of hydrogen-bond acceptors (Lipinski definition) is 4. The quantitative estimate of drug-likeness (QED) is 0.496. The van der Waals surface area contributed by atoms with Crippen LogP contribution in [0, 0.1) is 11.3 Å². The van der Waals surface area contributed by atoms with Crippen LogP contribution < -0.4 is 4.74 Å². The number of methoxy groups -OCH3 is 1. The molecule has 2 aliphatic carbocycles. The number of fused-ring (bicyclic) bond motifs is 1. The fourth-order valence-electron chi connectivity index (χ4n) is 2.98. The molecule has 2 aromatic rings. The van der Waals surface area contributed by atoms with E-state index in [0.717, 1.165) is 32.8 Å². The Labute approximate surface area is 150 Å². The van der Waals surface area contributed by atoms with Crippen LogP contribution in [-0.4, -0.2) is 12.1 Å². The second-order valence-electron chi connectivity index (χ2n) is 5.56. The third kappa shape index (κ3) is 2.65. The molecule has 0 amide bonds. The second kappa shape index (κ2) is 6.39. The molecule has 0 aliphatic heterocycles. The highest BCUT2D eigenvalue weighted by molar-refractivity contribution is 7.13. The van der Waals surface area contributed by atoms with Crippen molar-refractivity contribution in [3.05, 3.63) is 71.6 Å². The number of pyridine rings is 1. The van der Waals surface area contributed by atoms with Crippen molar-refractivity contribution < 1.29 is 4.74 Å². The van der Waals surface area contributed by atoms with Gasteiger partial charge in [-0.2, -0.15) is 5.26 Å². The van der Waals surface area contributed by atoms with Crippen LogP contribution in [0.4, 0.5) is 0 Å². The summed E-state index contributed by atoms with van der Waals surface area (Å²) in [5.41, 5.74) is 5.44. The minimum Gasteiger partial charge on any atom is -0.480 e. The molecule has 0 aromatic carbocycles. The molecular formula is C21H14N2OS. The highest BCUT2D eigenvalue weighted by Crippen LogP contribution is 2.39. The first-order valence-corrected chi connectivity index (χ1v) is 8.71. The van der Waals surface area contributed by atoms with Crippen LogP contribution in [-0.2, 0) is 0 Å². The maximum atomic E-state index is 9.59. The van der Waals surface area contributed by atoms with Gasteiger partial charge >= 0.3 is 0 Å². The van der Waals surface area contributed by atoms with Gasteiger partial charge in [0.15, 0.2) is 0 Å². The van der Waals surface area contributed by atoms with E-state index in [1.165, 1.54) is 0 Å². The van der Waals surface area contributed by atoms with Gasteiger partial charge in [-0.15, -0.1) is 11.3 Å². The molecule has 0 bridgehead atoms. The van der Waals surface area contributed by atoms with Crippen LogP contribution in [0.15, 0.2) is 66.0 Å². The normalized spacial score (nSPS) is 10.6. The molecule has 3 nitrogen and oxygen atoms in total. The lowest BCUT2D eigenvalue weighted by Crippen LogP contribution is -1.97. The average Bonchev–Trinajstić information content (AvgIpc) is 3.26. The third-order valence-electron chi connectivity index (χ3n) is 4.15. The van der Waals surface area contributed by atoms with E-state index >= 15 is 0 Å². The molecule has 2 aliphatic rings. The molecule has 0 unspecified atom stereocenters. The van der Waals surface area contributed by atoms with E-state index in [1.54, 1.807) is 18.4 Å². The number of nitriles is 1. The van der Waals surface area contributed by atoms with Gasteiger partial charge in [-0.25, -0.2) is 4.98 Å². The van der Waals surface area contributed by atoms with Crippen molar-refractivity contribution in [2.24, 2.45) is 0 Å². The Morgan fingerprint density at radius 1 is 0.960 bits per heavy atom. The van der Waals surface area contributed by atoms with Crippen molar-refractivity contribution in [3.8, 4) is 44.8 Å². The second-order valence-corrected chi connectivity index (χ2v) is 6.50. The van der Waals surface area contributed by atoms with Crippen LogP contribution in [0.5, 0.6) is 5.88 Å². The van der Waals surface area contributed by atoms with Crippen molar-refractivity contribution in [1.82, 2.24) is 4.98 Å². The van der Waals surface area contributed by atoms with Gasteiger partial charge in [-0.1, -0.05) is 48.5 Å². The van der Waals surface area contributed by atoms with Gasteiger partial charge < -0.3 is 4.74 Å². The van der Waals surface area contributed by atoms with Crippen LogP contribution in [0.25, 0.3) is 32.8 Å². The third-order valence-corrected chi connectivity index (χ3v) is 5.05. The number of aromatic nitrogens is 1. The van der Waals surface area contributed by atoms with Crippen molar-refractivity contribution in [2.75, 3.05) is 7.11 Å². The predicted molar refractivity (Wildman–Crippen MR) is 101 cm³/mol. The largest absolute Gasteiger partial charge is 0.480 e. The molecule has 0 spiro atoms. The lowest BCUT2D eigenvalue weighted by atomic mass is 10.0. The molecule has 0 saturated heterocycles. The molecule has 0 atom stereocenters. The van der Waals surface area contributed by atoms with Crippen molar-refractivity contribution in [1.29, 1.82) is 5.26 Å². The average molecular weight is 342 g/mol. The fourth-order valence-corrected chi connectivity index (χ4v) is 3.73. The van der Waals surface area contributed by atoms with Gasteiger partial charge in [0.05, 0.1) is 12.8 Å². The maximum absolute atomic E-state index is 9.59. The molecule has 0 radical (unpaired) electrons. The van der Waals surface area contributed by atoms with Crippen LogP contribution in [0.1, 0.15) is 5.56 Å².